The maximum atomic E-state index is 10.8. The fourth-order valence-electron chi connectivity index (χ4n) is 1.68. The van der Waals surface area contributed by atoms with Gasteiger partial charge < -0.3 is 10.2 Å². The van der Waals surface area contributed by atoms with Crippen molar-refractivity contribution in [3.8, 4) is 11.8 Å². The van der Waals surface area contributed by atoms with E-state index in [0.29, 0.717) is 16.6 Å². The summed E-state index contributed by atoms with van der Waals surface area (Å²) in [4.78, 5) is 10.8. The summed E-state index contributed by atoms with van der Waals surface area (Å²) in [5, 5.41) is 9.67. The van der Waals surface area contributed by atoms with Crippen LogP contribution in [0.4, 0.5) is 4.79 Å². The summed E-state index contributed by atoms with van der Waals surface area (Å²) in [6.07, 6.45) is 3.77. The summed E-state index contributed by atoms with van der Waals surface area (Å²) in [6.45, 7) is 1.55. The van der Waals surface area contributed by atoms with E-state index >= 15 is 0 Å². The van der Waals surface area contributed by atoms with Crippen LogP contribution in [0.5, 0.6) is 0 Å². The Balaban J connectivity index is 2.03. The topological polar surface area (TPSA) is 79.7 Å². The van der Waals surface area contributed by atoms with Gasteiger partial charge in [0.1, 0.15) is 11.8 Å². The van der Waals surface area contributed by atoms with Gasteiger partial charge in [0.05, 0.1) is 0 Å². The Morgan fingerprint density at radius 2 is 2.00 bits per heavy atom. The molecule has 2 rings (SSSR count). The Kier molecular flexibility index (Phi) is 5.02. The van der Waals surface area contributed by atoms with E-state index in [1.807, 2.05) is 42.5 Å². The summed E-state index contributed by atoms with van der Waals surface area (Å²) in [6, 6.07) is 11.7. The molecular weight excluding hydrogens is 280 g/mol. The number of primary amides is 1. The van der Waals surface area contributed by atoms with Gasteiger partial charge in [0.25, 0.3) is 0 Å². The van der Waals surface area contributed by atoms with E-state index in [2.05, 4.69) is 11.8 Å². The minimum Gasteiger partial charge on any atom is -0.448 e. The molecule has 5 heteroatoms. The lowest BCUT2D eigenvalue weighted by atomic mass is 10.2. The molecule has 22 heavy (non-hydrogen) atoms. The quantitative estimate of drug-likeness (QED) is 0.519. The summed E-state index contributed by atoms with van der Waals surface area (Å²) in [5.74, 6) is 6.52. The number of carbonyl (C=O) groups excluding carboxylic acids is 1. The second-order valence-corrected chi connectivity index (χ2v) is 4.57. The van der Waals surface area contributed by atoms with Crippen LogP contribution in [-0.4, -0.2) is 22.3 Å². The molecule has 1 unspecified atom stereocenters. The number of hydroxylamine groups is 2. The Morgan fingerprint density at radius 3 is 2.68 bits per heavy atom. The second-order valence-electron chi connectivity index (χ2n) is 4.57. The number of hydrogen-bond donors (Lipinski definition) is 2. The molecule has 0 aliphatic carbocycles. The Bertz CT molecular complexity index is 723. The van der Waals surface area contributed by atoms with E-state index in [1.54, 1.807) is 19.1 Å². The predicted octanol–water partition coefficient (Wildman–Crippen LogP) is 2.96. The number of rotatable bonds is 3. The molecule has 3 N–H and O–H groups in total. The lowest BCUT2D eigenvalue weighted by Crippen LogP contribution is -2.38. The van der Waals surface area contributed by atoms with Crippen LogP contribution in [0.25, 0.3) is 12.2 Å². The first-order valence-electron chi connectivity index (χ1n) is 6.68. The third-order valence-electron chi connectivity index (χ3n) is 2.86. The molecule has 0 aliphatic heterocycles. The lowest BCUT2D eigenvalue weighted by molar-refractivity contribution is -0.0536. The molecule has 1 aromatic carbocycles. The van der Waals surface area contributed by atoms with Gasteiger partial charge in [-0.3, -0.25) is 5.21 Å². The highest BCUT2D eigenvalue weighted by Crippen LogP contribution is 2.11. The fourth-order valence-corrected chi connectivity index (χ4v) is 1.68. The van der Waals surface area contributed by atoms with Gasteiger partial charge in [0.2, 0.25) is 0 Å². The van der Waals surface area contributed by atoms with E-state index < -0.39 is 12.1 Å². The number of benzene rings is 1. The van der Waals surface area contributed by atoms with Gasteiger partial charge in [-0.15, -0.1) is 0 Å². The molecule has 5 nitrogen and oxygen atoms in total. The van der Waals surface area contributed by atoms with Crippen molar-refractivity contribution in [3.63, 3.8) is 0 Å². The minimum atomic E-state index is -0.951. The summed E-state index contributed by atoms with van der Waals surface area (Å²) < 4.78 is 5.52. The van der Waals surface area contributed by atoms with E-state index in [0.717, 1.165) is 5.56 Å². The molecular formula is C17H16N2O3. The van der Waals surface area contributed by atoms with Crippen molar-refractivity contribution >= 4 is 18.2 Å². The van der Waals surface area contributed by atoms with Crippen molar-refractivity contribution in [1.29, 1.82) is 0 Å². The third kappa shape index (κ3) is 4.27. The zero-order valence-corrected chi connectivity index (χ0v) is 12.1. The highest BCUT2D eigenvalue weighted by molar-refractivity contribution is 5.71. The standard InChI is InChI=1S/C17H16N2O3/c1-13(19(21)17(18)20)7-9-15-11-12-16(22-15)10-8-14-5-3-2-4-6-14/h2-6,8,10-13,21H,1H3,(H2,18,20). The number of carbonyl (C=O) groups is 1. The molecule has 2 aromatic rings. The van der Waals surface area contributed by atoms with Gasteiger partial charge in [0.15, 0.2) is 5.76 Å². The summed E-state index contributed by atoms with van der Waals surface area (Å²) in [7, 11) is 0. The van der Waals surface area contributed by atoms with Gasteiger partial charge in [-0.05, 0) is 36.6 Å². The molecule has 0 spiro atoms. The molecule has 0 aliphatic rings. The average molecular weight is 296 g/mol. The van der Waals surface area contributed by atoms with E-state index in [9.17, 15) is 10.0 Å². The van der Waals surface area contributed by atoms with Gasteiger partial charge in [0, 0.05) is 0 Å². The zero-order chi connectivity index (χ0) is 15.9. The van der Waals surface area contributed by atoms with Crippen LogP contribution in [0.3, 0.4) is 0 Å². The van der Waals surface area contributed by atoms with E-state index in [4.69, 9.17) is 10.2 Å². The van der Waals surface area contributed by atoms with Crippen LogP contribution in [0, 0.1) is 11.8 Å². The Hall–Kier alpha value is -2.97. The van der Waals surface area contributed by atoms with Crippen molar-refractivity contribution in [2.45, 2.75) is 13.0 Å². The van der Waals surface area contributed by atoms with E-state index in [1.165, 1.54) is 0 Å². The summed E-state index contributed by atoms with van der Waals surface area (Å²) in [5.41, 5.74) is 6.01. The smallest absolute Gasteiger partial charge is 0.339 e. The average Bonchev–Trinajstić information content (AvgIpc) is 2.98. The molecule has 0 saturated heterocycles. The predicted molar refractivity (Wildman–Crippen MR) is 83.6 cm³/mol. The molecule has 112 valence electrons. The molecule has 0 fully saturated rings. The van der Waals surface area contributed by atoms with Crippen LogP contribution in [-0.2, 0) is 0 Å². The van der Waals surface area contributed by atoms with Crippen LogP contribution in [0.15, 0.2) is 46.9 Å². The maximum absolute atomic E-state index is 10.8. The number of urea groups is 1. The van der Waals surface area contributed by atoms with Gasteiger partial charge in [-0.2, -0.15) is 5.06 Å². The molecule has 1 atom stereocenters. The fraction of sp³-hybridized carbons (Fsp3) is 0.118. The van der Waals surface area contributed by atoms with Gasteiger partial charge in [-0.25, -0.2) is 4.79 Å². The minimum absolute atomic E-state index is 0.367. The lowest BCUT2D eigenvalue weighted by Gasteiger charge is -2.14. The van der Waals surface area contributed by atoms with Crippen molar-refractivity contribution in [2.24, 2.45) is 5.73 Å². The monoisotopic (exact) mass is 296 g/mol. The first kappa shape index (κ1) is 15.4. The Morgan fingerprint density at radius 1 is 1.27 bits per heavy atom. The molecule has 1 aromatic heterocycles. The SMILES string of the molecule is CC(C#Cc1ccc(C=Cc2ccccc2)o1)N(O)C(N)=O. The highest BCUT2D eigenvalue weighted by Gasteiger charge is 2.11. The number of amides is 2. The second kappa shape index (κ2) is 7.16. The molecule has 1 heterocycles. The van der Waals surface area contributed by atoms with Crippen molar-refractivity contribution < 1.29 is 14.4 Å². The number of nitrogens with two attached hydrogens (primary N) is 1. The number of furan rings is 1. The van der Waals surface area contributed by atoms with Crippen LogP contribution >= 0.6 is 0 Å². The summed E-state index contributed by atoms with van der Waals surface area (Å²) >= 11 is 0. The molecule has 2 amide bonds. The molecule has 0 saturated carbocycles. The van der Waals surface area contributed by atoms with Crippen LogP contribution in [0.2, 0.25) is 0 Å². The highest BCUT2D eigenvalue weighted by atomic mass is 16.5. The Labute approximate surface area is 128 Å². The van der Waals surface area contributed by atoms with E-state index in [-0.39, 0.29) is 0 Å². The molecule has 0 bridgehead atoms. The van der Waals surface area contributed by atoms with Crippen molar-refractivity contribution in [3.05, 3.63) is 59.5 Å². The van der Waals surface area contributed by atoms with Crippen LogP contribution in [0.1, 0.15) is 24.0 Å². The zero-order valence-electron chi connectivity index (χ0n) is 12.1. The number of nitrogens with zero attached hydrogens (tertiary/aromatic N) is 1. The van der Waals surface area contributed by atoms with Crippen molar-refractivity contribution in [2.75, 3.05) is 0 Å². The molecule has 0 radical (unpaired) electrons. The third-order valence-corrected chi connectivity index (χ3v) is 2.86. The van der Waals surface area contributed by atoms with Crippen LogP contribution < -0.4 is 5.73 Å². The number of hydrogen-bond acceptors (Lipinski definition) is 3. The van der Waals surface area contributed by atoms with Gasteiger partial charge in [-0.1, -0.05) is 42.3 Å². The largest absolute Gasteiger partial charge is 0.448 e. The first-order valence-corrected chi connectivity index (χ1v) is 6.68. The first-order chi connectivity index (χ1) is 10.6. The van der Waals surface area contributed by atoms with Gasteiger partial charge >= 0.3 is 6.03 Å². The maximum Gasteiger partial charge on any atom is 0.339 e. The van der Waals surface area contributed by atoms with Crippen molar-refractivity contribution in [1.82, 2.24) is 5.06 Å². The normalized spacial score (nSPS) is 11.7.